The van der Waals surface area contributed by atoms with Gasteiger partial charge in [0, 0.05) is 42.3 Å². The van der Waals surface area contributed by atoms with E-state index in [4.69, 9.17) is 5.73 Å². The van der Waals surface area contributed by atoms with Gasteiger partial charge in [0.05, 0.1) is 58.9 Å². The third kappa shape index (κ3) is 19.3. The van der Waals surface area contributed by atoms with Gasteiger partial charge in [-0.1, -0.05) is 20.8 Å². The van der Waals surface area contributed by atoms with Gasteiger partial charge < -0.3 is 51.1 Å². The van der Waals surface area contributed by atoms with Gasteiger partial charge in [-0.2, -0.15) is 0 Å². The molecule has 0 radical (unpaired) electrons. The Bertz CT molecular complexity index is 1120. The van der Waals surface area contributed by atoms with Crippen molar-refractivity contribution in [3.63, 3.8) is 0 Å². The number of nitrogens with two attached hydrogens (primary N) is 1. The fourth-order valence-electron chi connectivity index (χ4n) is 3.23. The van der Waals surface area contributed by atoms with Gasteiger partial charge in [-0.05, 0) is 6.54 Å². The van der Waals surface area contributed by atoms with Crippen LogP contribution in [0.25, 0.3) is 0 Å². The van der Waals surface area contributed by atoms with Crippen LogP contribution >= 0.6 is 0 Å². The van der Waals surface area contributed by atoms with E-state index in [-0.39, 0.29) is 45.2 Å². The third-order valence-corrected chi connectivity index (χ3v) is 6.23. The molecule has 0 saturated carbocycles. The maximum absolute atomic E-state index is 12.5. The van der Waals surface area contributed by atoms with E-state index in [1.165, 1.54) is 47.2 Å². The van der Waals surface area contributed by atoms with Crippen LogP contribution in [-0.4, -0.2) is 190 Å². The fourth-order valence-corrected chi connectivity index (χ4v) is 3.23. The first-order chi connectivity index (χ1) is 21.9. The van der Waals surface area contributed by atoms with Crippen LogP contribution in [0.2, 0.25) is 0 Å². The summed E-state index contributed by atoms with van der Waals surface area (Å²) in [5.74, 6) is -5.10. The van der Waals surface area contributed by atoms with Crippen molar-refractivity contribution in [2.75, 3.05) is 108 Å². The molecule has 0 aliphatic heterocycles. The number of hydrogen-bond acceptors (Lipinski definition) is 10. The van der Waals surface area contributed by atoms with Gasteiger partial charge in [-0.3, -0.25) is 43.2 Å². The maximum Gasteiger partial charge on any atom is 0.242 e. The lowest BCUT2D eigenvalue weighted by Gasteiger charge is -2.25. The van der Waals surface area contributed by atoms with Crippen LogP contribution in [0.15, 0.2) is 0 Å². The standard InChI is InChI=1S/C26H46N10O9.C2H6/c1-8-28-10-21(40)33(4)14-25(44)35(6)17-24(43)32(3)13-20(39)30-11-22(41)34(5)15-26(45)36(7)16-23(42)31(2)12-19(38)29-9-18(27)37;1-2/h28H,8-17H2,1-7H3,(H2,27,37)(H,29,38)(H,30,39);1-2H3. The third-order valence-electron chi connectivity index (χ3n) is 6.23. The summed E-state index contributed by atoms with van der Waals surface area (Å²) >= 11 is 0. The van der Waals surface area contributed by atoms with E-state index in [9.17, 15) is 43.2 Å². The molecule has 0 aromatic heterocycles. The predicted molar refractivity (Wildman–Crippen MR) is 171 cm³/mol. The molecule has 0 aromatic rings. The van der Waals surface area contributed by atoms with Crippen molar-refractivity contribution in [2.45, 2.75) is 20.8 Å². The van der Waals surface area contributed by atoms with Crippen molar-refractivity contribution < 1.29 is 43.2 Å². The largest absolute Gasteiger partial charge is 0.368 e. The Kier molecular flexibility index (Phi) is 22.2. The number of carbonyl (C=O) groups is 9. The molecule has 0 unspecified atom stereocenters. The van der Waals surface area contributed by atoms with Crippen LogP contribution in [0.5, 0.6) is 0 Å². The van der Waals surface area contributed by atoms with Gasteiger partial charge in [0.15, 0.2) is 0 Å². The van der Waals surface area contributed by atoms with Crippen LogP contribution in [0, 0.1) is 0 Å². The zero-order chi connectivity index (χ0) is 36.9. The fraction of sp³-hybridized carbons (Fsp3) is 0.679. The number of nitrogens with one attached hydrogen (secondary N) is 3. The molecular weight excluding hydrogens is 620 g/mol. The molecular formula is C28H52N10O9. The van der Waals surface area contributed by atoms with Crippen molar-refractivity contribution in [3.05, 3.63) is 0 Å². The molecule has 268 valence electrons. The molecule has 0 aliphatic rings. The SMILES string of the molecule is CC.CCNCC(=O)N(C)CC(=O)N(C)CC(=O)N(C)CC(=O)NCC(=O)N(C)CC(=O)N(C)CC(=O)N(C)CC(=O)NCC(N)=O. The van der Waals surface area contributed by atoms with Crippen LogP contribution < -0.4 is 21.7 Å². The maximum atomic E-state index is 12.5. The molecule has 0 atom stereocenters. The van der Waals surface area contributed by atoms with Crippen molar-refractivity contribution in [1.82, 2.24) is 45.3 Å². The van der Waals surface area contributed by atoms with E-state index in [1.807, 2.05) is 20.8 Å². The topological polar surface area (TPSA) is 235 Å². The average molecular weight is 673 g/mol. The van der Waals surface area contributed by atoms with Gasteiger partial charge in [0.2, 0.25) is 53.2 Å². The molecule has 0 bridgehead atoms. The molecule has 19 nitrogen and oxygen atoms in total. The highest BCUT2D eigenvalue weighted by molar-refractivity contribution is 5.93. The molecule has 0 rings (SSSR count). The minimum Gasteiger partial charge on any atom is -0.368 e. The molecule has 47 heavy (non-hydrogen) atoms. The molecule has 0 spiro atoms. The lowest BCUT2D eigenvalue weighted by atomic mass is 10.3. The Balaban J connectivity index is 0. The molecule has 0 fully saturated rings. The van der Waals surface area contributed by atoms with Crippen molar-refractivity contribution >= 4 is 53.2 Å². The summed E-state index contributed by atoms with van der Waals surface area (Å²) in [5, 5.41) is 7.46. The summed E-state index contributed by atoms with van der Waals surface area (Å²) < 4.78 is 0. The monoisotopic (exact) mass is 672 g/mol. The summed E-state index contributed by atoms with van der Waals surface area (Å²) in [5.41, 5.74) is 4.94. The highest BCUT2D eigenvalue weighted by atomic mass is 16.2. The molecule has 0 aliphatic carbocycles. The van der Waals surface area contributed by atoms with Crippen LogP contribution in [0.4, 0.5) is 0 Å². The van der Waals surface area contributed by atoms with Crippen LogP contribution in [0.1, 0.15) is 20.8 Å². The average Bonchev–Trinajstić information content (AvgIpc) is 3.01. The molecule has 9 amide bonds. The highest BCUT2D eigenvalue weighted by Crippen LogP contribution is 1.96. The highest BCUT2D eigenvalue weighted by Gasteiger charge is 2.23. The summed E-state index contributed by atoms with van der Waals surface area (Å²) in [4.78, 5) is 115. The zero-order valence-corrected chi connectivity index (χ0v) is 29.0. The Morgan fingerprint density at radius 2 is 0.723 bits per heavy atom. The van der Waals surface area contributed by atoms with Gasteiger partial charge in [-0.15, -0.1) is 0 Å². The second-order valence-corrected chi connectivity index (χ2v) is 10.3. The first kappa shape index (κ1) is 44.3. The van der Waals surface area contributed by atoms with E-state index in [1.54, 1.807) is 0 Å². The van der Waals surface area contributed by atoms with E-state index in [0.717, 1.165) is 24.5 Å². The summed E-state index contributed by atoms with van der Waals surface area (Å²) in [6.45, 7) is 3.55. The van der Waals surface area contributed by atoms with Crippen molar-refractivity contribution in [2.24, 2.45) is 5.73 Å². The smallest absolute Gasteiger partial charge is 0.242 e. The normalized spacial score (nSPS) is 9.89. The quantitative estimate of drug-likeness (QED) is 0.102. The van der Waals surface area contributed by atoms with Crippen molar-refractivity contribution in [1.29, 1.82) is 0 Å². The number of likely N-dealkylation sites (N-methyl/N-ethyl adjacent to an activating group) is 7. The van der Waals surface area contributed by atoms with E-state index in [0.29, 0.717) is 6.54 Å². The summed E-state index contributed by atoms with van der Waals surface area (Å²) in [6, 6.07) is 0. The Hall–Kier alpha value is -4.81. The number of nitrogens with zero attached hydrogens (tertiary/aromatic N) is 6. The second kappa shape index (κ2) is 23.5. The molecule has 19 heteroatoms. The van der Waals surface area contributed by atoms with Gasteiger partial charge >= 0.3 is 0 Å². The Labute approximate surface area is 276 Å². The zero-order valence-electron chi connectivity index (χ0n) is 29.0. The predicted octanol–water partition coefficient (Wildman–Crippen LogP) is -4.91. The summed E-state index contributed by atoms with van der Waals surface area (Å²) in [6.07, 6.45) is 0. The molecule has 5 N–H and O–H groups in total. The van der Waals surface area contributed by atoms with Gasteiger partial charge in [-0.25, -0.2) is 0 Å². The van der Waals surface area contributed by atoms with E-state index >= 15 is 0 Å². The molecule has 0 saturated heterocycles. The minimum absolute atomic E-state index is 0.0796. The van der Waals surface area contributed by atoms with Crippen LogP contribution in [-0.2, 0) is 43.2 Å². The molecule has 0 aromatic carbocycles. The lowest BCUT2D eigenvalue weighted by Crippen LogP contribution is -2.49. The Morgan fingerprint density at radius 1 is 0.447 bits per heavy atom. The Morgan fingerprint density at radius 3 is 1.04 bits per heavy atom. The first-order valence-corrected chi connectivity index (χ1v) is 14.9. The molecule has 0 heterocycles. The van der Waals surface area contributed by atoms with E-state index in [2.05, 4.69) is 16.0 Å². The van der Waals surface area contributed by atoms with Gasteiger partial charge in [0.25, 0.3) is 0 Å². The number of carbonyl (C=O) groups excluding carboxylic acids is 9. The number of hydrogen-bond donors (Lipinski definition) is 4. The second-order valence-electron chi connectivity index (χ2n) is 10.3. The summed E-state index contributed by atoms with van der Waals surface area (Å²) in [7, 11) is 8.21. The lowest BCUT2D eigenvalue weighted by molar-refractivity contribution is -0.143. The number of rotatable bonds is 19. The number of primary amides is 1. The van der Waals surface area contributed by atoms with E-state index < -0.39 is 66.9 Å². The number of amides is 9. The minimum atomic E-state index is -0.743. The first-order valence-electron chi connectivity index (χ1n) is 14.9. The van der Waals surface area contributed by atoms with Crippen molar-refractivity contribution in [3.8, 4) is 0 Å². The van der Waals surface area contributed by atoms with Crippen LogP contribution in [0.3, 0.4) is 0 Å². The van der Waals surface area contributed by atoms with Gasteiger partial charge in [0.1, 0.15) is 0 Å².